The van der Waals surface area contributed by atoms with Crippen molar-refractivity contribution in [2.45, 2.75) is 74.7 Å². The van der Waals surface area contributed by atoms with Crippen LogP contribution in [0.5, 0.6) is 11.5 Å². The SMILES string of the molecule is C=CCN1CC[C@]23c4c5ccc(O)c4O[C@H]2[C@@]2(OC)C=C[C@@]3(C[C@@H]2C(C)(O)CCC)[C@H]1C5. The smallest absolute Gasteiger partial charge is 0.165 e. The lowest BCUT2D eigenvalue weighted by molar-refractivity contribution is -0.248. The number of ether oxygens (including phenoxy) is 2. The summed E-state index contributed by atoms with van der Waals surface area (Å²) in [6.45, 7) is 9.95. The largest absolute Gasteiger partial charge is 0.504 e. The number of benzene rings is 1. The standard InChI is InChI=1S/C27H35NO4/c1-5-9-24(3,30)19-16-25-10-11-27(19,31-4)23-26(25)12-14-28(13-6-2)20(25)15-17-7-8-18(29)22(32-23)21(17)26/h6-8,10-11,19-20,23,29-30H,2,5,9,12-16H2,1,3-4H3/t19-,20-,23-,24?,25-,26+,27-/m1/s1. The highest BCUT2D eigenvalue weighted by Crippen LogP contribution is 2.75. The van der Waals surface area contributed by atoms with Gasteiger partial charge in [0.1, 0.15) is 11.7 Å². The average Bonchev–Trinajstić information content (AvgIpc) is 3.14. The van der Waals surface area contributed by atoms with E-state index in [2.05, 4.69) is 36.6 Å². The number of phenolic OH excluding ortho intramolecular Hbond substituents is 1. The van der Waals surface area contributed by atoms with E-state index < -0.39 is 11.2 Å². The Morgan fingerprint density at radius 2 is 2.19 bits per heavy atom. The van der Waals surface area contributed by atoms with Crippen molar-refractivity contribution in [3.8, 4) is 11.5 Å². The van der Waals surface area contributed by atoms with Gasteiger partial charge in [-0.1, -0.05) is 37.6 Å². The van der Waals surface area contributed by atoms with E-state index in [9.17, 15) is 10.2 Å². The molecule has 2 heterocycles. The summed E-state index contributed by atoms with van der Waals surface area (Å²) >= 11 is 0. The molecule has 1 aromatic rings. The van der Waals surface area contributed by atoms with Crippen LogP contribution in [0.1, 0.15) is 50.7 Å². The first-order chi connectivity index (χ1) is 15.3. The Morgan fingerprint density at radius 3 is 2.91 bits per heavy atom. The number of hydrogen-bond donors (Lipinski definition) is 2. The Morgan fingerprint density at radius 1 is 1.38 bits per heavy atom. The van der Waals surface area contributed by atoms with Crippen LogP contribution < -0.4 is 4.74 Å². The van der Waals surface area contributed by atoms with E-state index in [4.69, 9.17) is 9.47 Å². The number of fused-ring (bicyclic) bond motifs is 1. The van der Waals surface area contributed by atoms with Gasteiger partial charge in [0.2, 0.25) is 0 Å². The lowest BCUT2D eigenvalue weighted by Gasteiger charge is -2.72. The molecular weight excluding hydrogens is 402 g/mol. The van der Waals surface area contributed by atoms with Gasteiger partial charge in [0.15, 0.2) is 11.5 Å². The highest BCUT2D eigenvalue weighted by atomic mass is 16.6. The van der Waals surface area contributed by atoms with Crippen molar-refractivity contribution in [1.82, 2.24) is 4.90 Å². The van der Waals surface area contributed by atoms with Gasteiger partial charge in [-0.25, -0.2) is 0 Å². The van der Waals surface area contributed by atoms with E-state index in [1.165, 1.54) is 11.1 Å². The zero-order chi connectivity index (χ0) is 22.5. The van der Waals surface area contributed by atoms with Crippen LogP contribution >= 0.6 is 0 Å². The van der Waals surface area contributed by atoms with Crippen LogP contribution in [0, 0.1) is 11.3 Å². The summed E-state index contributed by atoms with van der Waals surface area (Å²) in [5.74, 6) is 0.776. The number of phenols is 1. The topological polar surface area (TPSA) is 62.2 Å². The summed E-state index contributed by atoms with van der Waals surface area (Å²) in [7, 11) is 1.76. The molecule has 32 heavy (non-hydrogen) atoms. The molecule has 2 aliphatic heterocycles. The summed E-state index contributed by atoms with van der Waals surface area (Å²) < 4.78 is 13.1. The van der Waals surface area contributed by atoms with Crippen LogP contribution in [0.25, 0.3) is 0 Å². The second-order valence-electron chi connectivity index (χ2n) is 11.0. The number of nitrogens with zero attached hydrogens (tertiary/aromatic N) is 1. The van der Waals surface area contributed by atoms with Crippen LogP contribution in [0.15, 0.2) is 36.9 Å². The Hall–Kier alpha value is -1.82. The fraction of sp³-hybridized carbons (Fsp3) is 0.630. The molecular formula is C27H35NO4. The summed E-state index contributed by atoms with van der Waals surface area (Å²) in [6.07, 6.45) is 10.7. The Bertz CT molecular complexity index is 1020. The molecule has 0 radical (unpaired) electrons. The van der Waals surface area contributed by atoms with Crippen molar-refractivity contribution < 1.29 is 19.7 Å². The second kappa shape index (κ2) is 6.40. The monoisotopic (exact) mass is 437 g/mol. The van der Waals surface area contributed by atoms with Gasteiger partial charge in [0.25, 0.3) is 0 Å². The highest BCUT2D eigenvalue weighted by molar-refractivity contribution is 5.65. The molecule has 1 aromatic carbocycles. The molecule has 172 valence electrons. The fourth-order valence-corrected chi connectivity index (χ4v) is 8.70. The molecule has 7 atom stereocenters. The van der Waals surface area contributed by atoms with Crippen LogP contribution in [-0.2, 0) is 16.6 Å². The van der Waals surface area contributed by atoms with Crippen LogP contribution in [-0.4, -0.2) is 58.7 Å². The molecule has 4 aliphatic carbocycles. The third-order valence-electron chi connectivity index (χ3n) is 9.79. The first kappa shape index (κ1) is 20.8. The summed E-state index contributed by atoms with van der Waals surface area (Å²) in [4.78, 5) is 2.57. The third-order valence-corrected chi connectivity index (χ3v) is 9.79. The molecule has 1 saturated heterocycles. The number of aliphatic hydroxyl groups is 1. The maximum absolute atomic E-state index is 11.8. The van der Waals surface area contributed by atoms with E-state index in [-0.39, 0.29) is 28.6 Å². The first-order valence-electron chi connectivity index (χ1n) is 12.2. The average molecular weight is 438 g/mol. The summed E-state index contributed by atoms with van der Waals surface area (Å²) in [5, 5.41) is 22.6. The maximum atomic E-state index is 11.8. The van der Waals surface area contributed by atoms with Gasteiger partial charge in [-0.05, 0) is 50.8 Å². The summed E-state index contributed by atoms with van der Waals surface area (Å²) in [6, 6.07) is 4.18. The van der Waals surface area contributed by atoms with Gasteiger partial charge < -0.3 is 19.7 Å². The molecule has 6 aliphatic rings. The molecule has 2 fully saturated rings. The van der Waals surface area contributed by atoms with E-state index in [1.54, 1.807) is 13.2 Å². The normalized spacial score (nSPS) is 42.3. The number of aromatic hydroxyl groups is 1. The highest BCUT2D eigenvalue weighted by Gasteiger charge is 2.80. The molecule has 7 rings (SSSR count). The van der Waals surface area contributed by atoms with Gasteiger partial charge in [0.05, 0.1) is 11.0 Å². The second-order valence-corrected chi connectivity index (χ2v) is 11.0. The van der Waals surface area contributed by atoms with Gasteiger partial charge in [0, 0.05) is 36.6 Å². The van der Waals surface area contributed by atoms with E-state index in [1.807, 2.05) is 13.0 Å². The van der Waals surface area contributed by atoms with Crippen LogP contribution in [0.3, 0.4) is 0 Å². The summed E-state index contributed by atoms with van der Waals surface area (Å²) in [5.41, 5.74) is 0.465. The quantitative estimate of drug-likeness (QED) is 0.664. The fourth-order valence-electron chi connectivity index (χ4n) is 8.70. The number of rotatable bonds is 6. The van der Waals surface area contributed by atoms with E-state index >= 15 is 0 Å². The predicted octanol–water partition coefficient (Wildman–Crippen LogP) is 3.72. The minimum atomic E-state index is -0.873. The van der Waals surface area contributed by atoms with Crippen molar-refractivity contribution in [2.75, 3.05) is 20.2 Å². The van der Waals surface area contributed by atoms with Crippen molar-refractivity contribution >= 4 is 0 Å². The third kappa shape index (κ3) is 2.07. The molecule has 1 unspecified atom stereocenters. The zero-order valence-electron chi connectivity index (χ0n) is 19.4. The number of methoxy groups -OCH3 is 1. The van der Waals surface area contributed by atoms with Crippen molar-refractivity contribution in [2.24, 2.45) is 11.3 Å². The molecule has 2 spiro atoms. The van der Waals surface area contributed by atoms with Gasteiger partial charge >= 0.3 is 0 Å². The number of hydrogen-bond acceptors (Lipinski definition) is 5. The Balaban J connectivity index is 1.64. The van der Waals surface area contributed by atoms with Gasteiger partial charge in [-0.3, -0.25) is 4.90 Å². The molecule has 5 nitrogen and oxygen atoms in total. The van der Waals surface area contributed by atoms with E-state index in [0.29, 0.717) is 11.8 Å². The Kier molecular flexibility index (Phi) is 4.15. The molecule has 4 bridgehead atoms. The van der Waals surface area contributed by atoms with Gasteiger partial charge in [-0.2, -0.15) is 0 Å². The minimum absolute atomic E-state index is 0.0905. The predicted molar refractivity (Wildman–Crippen MR) is 123 cm³/mol. The lowest BCUT2D eigenvalue weighted by Crippen LogP contribution is -2.80. The van der Waals surface area contributed by atoms with Crippen LogP contribution in [0.4, 0.5) is 0 Å². The van der Waals surface area contributed by atoms with E-state index in [0.717, 1.165) is 45.2 Å². The van der Waals surface area contributed by atoms with Crippen molar-refractivity contribution in [3.63, 3.8) is 0 Å². The Labute approximate surface area is 190 Å². The maximum Gasteiger partial charge on any atom is 0.165 e. The zero-order valence-corrected chi connectivity index (χ0v) is 19.4. The van der Waals surface area contributed by atoms with Gasteiger partial charge in [-0.15, -0.1) is 6.58 Å². The number of likely N-dealkylation sites (tertiary alicyclic amines) is 1. The van der Waals surface area contributed by atoms with Crippen molar-refractivity contribution in [1.29, 1.82) is 0 Å². The first-order valence-corrected chi connectivity index (χ1v) is 12.2. The van der Waals surface area contributed by atoms with Crippen molar-refractivity contribution in [3.05, 3.63) is 48.1 Å². The molecule has 2 N–H and O–H groups in total. The lowest BCUT2D eigenvalue weighted by atomic mass is 9.36. The molecule has 0 amide bonds. The minimum Gasteiger partial charge on any atom is -0.504 e. The molecule has 0 aromatic heterocycles. The van der Waals surface area contributed by atoms with Crippen LogP contribution in [0.2, 0.25) is 0 Å². The molecule has 1 saturated carbocycles. The molecule has 5 heteroatoms. The number of piperidine rings is 1.